The number of halogens is 3. The summed E-state index contributed by atoms with van der Waals surface area (Å²) in [5, 5.41) is 0. The number of alkyl halides is 3. The van der Waals surface area contributed by atoms with E-state index in [0.29, 0.717) is 11.4 Å². The molecular formula is C12H8F3N2. The van der Waals surface area contributed by atoms with Crippen molar-refractivity contribution in [1.29, 1.82) is 0 Å². The van der Waals surface area contributed by atoms with Gasteiger partial charge in [-0.3, -0.25) is 0 Å². The van der Waals surface area contributed by atoms with E-state index in [-0.39, 0.29) is 0 Å². The molecule has 2 rings (SSSR count). The van der Waals surface area contributed by atoms with E-state index in [4.69, 9.17) is 0 Å². The van der Waals surface area contributed by atoms with Gasteiger partial charge in [0, 0.05) is 11.8 Å². The second-order valence-corrected chi connectivity index (χ2v) is 3.56. The molecule has 0 spiro atoms. The first-order valence-electron chi connectivity index (χ1n) is 4.86. The van der Waals surface area contributed by atoms with Crippen LogP contribution in [-0.4, -0.2) is 9.97 Å². The van der Waals surface area contributed by atoms with Crippen LogP contribution < -0.4 is 0 Å². The molecule has 17 heavy (non-hydrogen) atoms. The topological polar surface area (TPSA) is 25.8 Å². The molecule has 1 radical (unpaired) electrons. The van der Waals surface area contributed by atoms with Crippen molar-refractivity contribution < 1.29 is 13.2 Å². The zero-order valence-corrected chi connectivity index (χ0v) is 8.92. The van der Waals surface area contributed by atoms with Crippen LogP contribution in [0.4, 0.5) is 13.2 Å². The van der Waals surface area contributed by atoms with Crippen LogP contribution in [0.3, 0.4) is 0 Å². The highest BCUT2D eigenvalue weighted by molar-refractivity contribution is 5.55. The average molecular weight is 237 g/mol. The van der Waals surface area contributed by atoms with Crippen LogP contribution in [0, 0.1) is 13.1 Å². The fraction of sp³-hybridized carbons (Fsp3) is 0.167. The molecule has 2 nitrogen and oxygen atoms in total. The fourth-order valence-corrected chi connectivity index (χ4v) is 1.30. The minimum absolute atomic E-state index is 0.365. The van der Waals surface area contributed by atoms with E-state index in [0.717, 1.165) is 17.7 Å². The van der Waals surface area contributed by atoms with Crippen molar-refractivity contribution in [2.24, 2.45) is 0 Å². The summed E-state index contributed by atoms with van der Waals surface area (Å²) in [7, 11) is 0. The molecule has 0 fully saturated rings. The summed E-state index contributed by atoms with van der Waals surface area (Å²) in [6, 6.07) is 4.72. The summed E-state index contributed by atoms with van der Waals surface area (Å²) < 4.78 is 37.0. The van der Waals surface area contributed by atoms with Gasteiger partial charge in [0.25, 0.3) is 0 Å². The second-order valence-electron chi connectivity index (χ2n) is 3.56. The van der Waals surface area contributed by atoms with Crippen LogP contribution in [0.5, 0.6) is 0 Å². The molecule has 87 valence electrons. The monoisotopic (exact) mass is 237 g/mol. The highest BCUT2D eigenvalue weighted by Crippen LogP contribution is 2.30. The van der Waals surface area contributed by atoms with E-state index in [1.54, 1.807) is 13.1 Å². The predicted molar refractivity (Wildman–Crippen MR) is 56.0 cm³/mol. The fourth-order valence-electron chi connectivity index (χ4n) is 1.30. The molecule has 5 heteroatoms. The third-order valence-corrected chi connectivity index (χ3v) is 2.19. The van der Waals surface area contributed by atoms with Gasteiger partial charge in [0.1, 0.15) is 0 Å². The van der Waals surface area contributed by atoms with Crippen molar-refractivity contribution in [2.75, 3.05) is 0 Å². The summed E-state index contributed by atoms with van der Waals surface area (Å²) in [5.41, 5.74) is 0.632. The third kappa shape index (κ3) is 2.61. The van der Waals surface area contributed by atoms with Crippen molar-refractivity contribution >= 4 is 0 Å². The quantitative estimate of drug-likeness (QED) is 0.760. The molecule has 0 bridgehead atoms. The Balaban J connectivity index is 2.33. The zero-order chi connectivity index (χ0) is 12.5. The molecule has 0 saturated heterocycles. The normalized spacial score (nSPS) is 11.5. The van der Waals surface area contributed by atoms with E-state index in [2.05, 4.69) is 16.2 Å². The van der Waals surface area contributed by atoms with Gasteiger partial charge in [-0.15, -0.1) is 0 Å². The second kappa shape index (κ2) is 4.16. The van der Waals surface area contributed by atoms with E-state index in [1.165, 1.54) is 12.1 Å². The van der Waals surface area contributed by atoms with Crippen LogP contribution in [0.2, 0.25) is 0 Å². The number of hydrogen-bond donors (Lipinski definition) is 0. The largest absolute Gasteiger partial charge is 0.416 e. The number of hydrogen-bond acceptors (Lipinski definition) is 2. The highest BCUT2D eigenvalue weighted by Gasteiger charge is 2.30. The SMILES string of the molecule is Cc1[c]nc(-c2ccc(C(F)(F)F)cc2)nc1. The first kappa shape index (κ1) is 11.6. The molecule has 1 aromatic carbocycles. The summed E-state index contributed by atoms with van der Waals surface area (Å²) in [6.45, 7) is 1.79. The summed E-state index contributed by atoms with van der Waals surface area (Å²) in [5.74, 6) is 0.365. The maximum absolute atomic E-state index is 12.3. The Kier molecular flexibility index (Phi) is 2.83. The summed E-state index contributed by atoms with van der Waals surface area (Å²) >= 11 is 0. The van der Waals surface area contributed by atoms with Crippen LogP contribution in [0.15, 0.2) is 30.5 Å². The molecule has 0 amide bonds. The molecular weight excluding hydrogens is 229 g/mol. The lowest BCUT2D eigenvalue weighted by molar-refractivity contribution is -0.137. The van der Waals surface area contributed by atoms with E-state index < -0.39 is 11.7 Å². The maximum Gasteiger partial charge on any atom is 0.416 e. The van der Waals surface area contributed by atoms with Gasteiger partial charge < -0.3 is 0 Å². The molecule has 0 aliphatic heterocycles. The van der Waals surface area contributed by atoms with Crippen LogP contribution in [-0.2, 0) is 6.18 Å². The molecule has 0 saturated carbocycles. The van der Waals surface area contributed by atoms with Gasteiger partial charge in [0.05, 0.1) is 11.8 Å². The lowest BCUT2D eigenvalue weighted by atomic mass is 10.1. The number of aryl methyl sites for hydroxylation is 1. The van der Waals surface area contributed by atoms with Gasteiger partial charge >= 0.3 is 6.18 Å². The Morgan fingerprint density at radius 3 is 2.24 bits per heavy atom. The molecule has 0 N–H and O–H groups in total. The first-order chi connectivity index (χ1) is 7.97. The van der Waals surface area contributed by atoms with Gasteiger partial charge in [0.15, 0.2) is 5.82 Å². The third-order valence-electron chi connectivity index (χ3n) is 2.19. The van der Waals surface area contributed by atoms with E-state index in [9.17, 15) is 13.2 Å². The van der Waals surface area contributed by atoms with E-state index >= 15 is 0 Å². The Morgan fingerprint density at radius 1 is 1.12 bits per heavy atom. The maximum atomic E-state index is 12.3. The van der Waals surface area contributed by atoms with Gasteiger partial charge in [-0.05, 0) is 24.6 Å². The first-order valence-corrected chi connectivity index (χ1v) is 4.86. The Hall–Kier alpha value is -1.91. The lowest BCUT2D eigenvalue weighted by Gasteiger charge is -2.06. The molecule has 0 unspecified atom stereocenters. The number of aromatic nitrogens is 2. The van der Waals surface area contributed by atoms with Gasteiger partial charge in [0.2, 0.25) is 0 Å². The predicted octanol–water partition coefficient (Wildman–Crippen LogP) is 3.27. The number of rotatable bonds is 1. The summed E-state index contributed by atoms with van der Waals surface area (Å²) in [6.07, 6.45) is -0.0427. The molecule has 1 aromatic heterocycles. The Morgan fingerprint density at radius 2 is 1.76 bits per heavy atom. The number of benzene rings is 1. The molecule has 1 heterocycles. The molecule has 2 aromatic rings. The van der Waals surface area contributed by atoms with Crippen molar-refractivity contribution in [3.63, 3.8) is 0 Å². The van der Waals surface area contributed by atoms with Crippen LogP contribution in [0.25, 0.3) is 11.4 Å². The lowest BCUT2D eigenvalue weighted by Crippen LogP contribution is -2.04. The smallest absolute Gasteiger partial charge is 0.236 e. The van der Waals surface area contributed by atoms with Crippen LogP contribution in [0.1, 0.15) is 11.1 Å². The van der Waals surface area contributed by atoms with Gasteiger partial charge in [-0.2, -0.15) is 13.2 Å². The van der Waals surface area contributed by atoms with Crippen molar-refractivity contribution in [3.8, 4) is 11.4 Å². The average Bonchev–Trinajstić information content (AvgIpc) is 2.29. The minimum Gasteiger partial charge on any atom is -0.236 e. The molecule has 0 aliphatic rings. The van der Waals surface area contributed by atoms with Crippen molar-refractivity contribution in [1.82, 2.24) is 9.97 Å². The van der Waals surface area contributed by atoms with Crippen LogP contribution >= 0.6 is 0 Å². The number of nitrogens with zero attached hydrogens (tertiary/aromatic N) is 2. The van der Waals surface area contributed by atoms with Crippen molar-refractivity contribution in [3.05, 3.63) is 47.8 Å². The zero-order valence-electron chi connectivity index (χ0n) is 8.92. The van der Waals surface area contributed by atoms with Gasteiger partial charge in [-0.25, -0.2) is 9.97 Å². The standard InChI is InChI=1S/C12H8F3N2/c1-8-6-16-11(17-7-8)9-2-4-10(5-3-9)12(13,14)15/h2-6H,1H3. The molecule has 0 aliphatic carbocycles. The van der Waals surface area contributed by atoms with Gasteiger partial charge in [-0.1, -0.05) is 12.1 Å². The summed E-state index contributed by atoms with van der Waals surface area (Å²) in [4.78, 5) is 7.94. The Bertz CT molecular complexity index is 501. The van der Waals surface area contributed by atoms with Crippen molar-refractivity contribution in [2.45, 2.75) is 13.1 Å². The Labute approximate surface area is 96.2 Å². The molecule has 0 atom stereocenters. The highest BCUT2D eigenvalue weighted by atomic mass is 19.4. The van der Waals surface area contributed by atoms with E-state index in [1.807, 2.05) is 0 Å². The minimum atomic E-state index is -4.32.